The third kappa shape index (κ3) is 3.21. The Hall–Kier alpha value is -3.64. The number of imidazole rings is 1. The second-order valence-electron chi connectivity index (χ2n) is 5.97. The van der Waals surface area contributed by atoms with Gasteiger partial charge in [-0.05, 0) is 12.1 Å². The van der Waals surface area contributed by atoms with E-state index in [0.29, 0.717) is 5.69 Å². The molecule has 0 bridgehead atoms. The van der Waals surface area contributed by atoms with E-state index in [9.17, 15) is 14.4 Å². The van der Waals surface area contributed by atoms with Crippen molar-refractivity contribution in [1.29, 1.82) is 0 Å². The summed E-state index contributed by atoms with van der Waals surface area (Å²) in [5, 5.41) is 20.7. The summed E-state index contributed by atoms with van der Waals surface area (Å²) in [5.74, 6) is -0.279. The highest BCUT2D eigenvalue weighted by Crippen LogP contribution is 2.29. The number of fused-ring (bicyclic) bond motifs is 1. The number of rotatable bonds is 5. The molecule has 0 aliphatic rings. The average molecular weight is 390 g/mol. The zero-order valence-corrected chi connectivity index (χ0v) is 15.3. The van der Waals surface area contributed by atoms with E-state index in [4.69, 9.17) is 15.2 Å². The van der Waals surface area contributed by atoms with Crippen molar-refractivity contribution in [1.82, 2.24) is 18.7 Å². The lowest BCUT2D eigenvalue weighted by molar-refractivity contribution is -0.116. The monoisotopic (exact) mass is 390 g/mol. The number of carbonyl (C=O) groups excluding carboxylic acids is 1. The van der Waals surface area contributed by atoms with E-state index < -0.39 is 17.2 Å². The molecule has 1 aromatic carbocycles. The molecular weight excluding hydrogens is 372 g/mol. The number of nitrogens with one attached hydrogen (secondary N) is 1. The van der Waals surface area contributed by atoms with E-state index >= 15 is 0 Å². The minimum Gasteiger partial charge on any atom is -0.494 e. The fourth-order valence-corrected chi connectivity index (χ4v) is 2.77. The largest absolute Gasteiger partial charge is 0.494 e. The summed E-state index contributed by atoms with van der Waals surface area (Å²) >= 11 is 0. The molecule has 28 heavy (non-hydrogen) atoms. The molecule has 0 atom stereocenters. The molecule has 12 nitrogen and oxygen atoms in total. The number of anilines is 2. The van der Waals surface area contributed by atoms with Crippen LogP contribution in [0.3, 0.4) is 0 Å². The first-order valence-corrected chi connectivity index (χ1v) is 8.01. The van der Waals surface area contributed by atoms with Crippen LogP contribution in [0.4, 0.5) is 11.4 Å². The predicted molar refractivity (Wildman–Crippen MR) is 97.9 cm³/mol. The van der Waals surface area contributed by atoms with Gasteiger partial charge < -0.3 is 14.6 Å². The summed E-state index contributed by atoms with van der Waals surface area (Å²) in [6, 6.07) is 4.10. The van der Waals surface area contributed by atoms with Gasteiger partial charge in [-0.1, -0.05) is 0 Å². The molecule has 0 radical (unpaired) electrons. The molecular formula is C16H18N6O6. The lowest BCUT2D eigenvalue weighted by Gasteiger charge is -2.14. The summed E-state index contributed by atoms with van der Waals surface area (Å²) in [6.45, 7) is -0.235. The first-order chi connectivity index (χ1) is 13.2. The van der Waals surface area contributed by atoms with E-state index in [-0.39, 0.29) is 34.4 Å². The number of aryl methyl sites for hydroxylation is 1. The zero-order chi connectivity index (χ0) is 20.6. The fourth-order valence-electron chi connectivity index (χ4n) is 2.77. The Bertz CT molecular complexity index is 1170. The van der Waals surface area contributed by atoms with Crippen LogP contribution in [0.15, 0.2) is 34.1 Å². The van der Waals surface area contributed by atoms with Crippen LogP contribution in [0.5, 0.6) is 5.75 Å². The van der Waals surface area contributed by atoms with E-state index in [2.05, 4.69) is 10.3 Å². The normalized spacial score (nSPS) is 10.9. The molecule has 0 unspecified atom stereocenters. The maximum Gasteiger partial charge on any atom is 0.332 e. The number of methoxy groups -OCH3 is 1. The molecule has 0 fully saturated rings. The van der Waals surface area contributed by atoms with Crippen molar-refractivity contribution >= 4 is 28.4 Å². The van der Waals surface area contributed by atoms with E-state index in [1.54, 1.807) is 0 Å². The van der Waals surface area contributed by atoms with E-state index in [1.165, 1.54) is 54.9 Å². The molecule has 3 N–H and O–H groups in total. The number of aromatic nitrogens is 4. The first-order valence-electron chi connectivity index (χ1n) is 8.01. The average Bonchev–Trinajstić information content (AvgIpc) is 3.08. The van der Waals surface area contributed by atoms with Gasteiger partial charge in [0, 0.05) is 20.2 Å². The van der Waals surface area contributed by atoms with Crippen LogP contribution in [0.25, 0.3) is 11.2 Å². The third-order valence-corrected chi connectivity index (χ3v) is 4.22. The molecule has 148 valence electrons. The van der Waals surface area contributed by atoms with Crippen LogP contribution in [0.1, 0.15) is 0 Å². The van der Waals surface area contributed by atoms with Gasteiger partial charge in [0.25, 0.3) is 5.56 Å². The third-order valence-electron chi connectivity index (χ3n) is 4.22. The topological polar surface area (TPSA) is 144 Å². The molecule has 2 heterocycles. The van der Waals surface area contributed by atoms with Gasteiger partial charge in [-0.25, -0.2) is 9.78 Å². The maximum atomic E-state index is 12.5. The standard InChI is InChI=1S/C16H18N6O6/c1-19-14-13(15(24)20(2)16(19)25)21(8-17-14)7-12(23)18-10-5-4-9(22(26)27)6-11(10)28-3/h4-6,8,26-27H,7H2,1-3H3,(H,18,23). The van der Waals surface area contributed by atoms with Crippen molar-refractivity contribution in [3.8, 4) is 5.75 Å². The van der Waals surface area contributed by atoms with Gasteiger partial charge >= 0.3 is 5.69 Å². The van der Waals surface area contributed by atoms with Gasteiger partial charge in [0.05, 0.1) is 24.8 Å². The quantitative estimate of drug-likeness (QED) is 0.502. The van der Waals surface area contributed by atoms with Gasteiger partial charge in [-0.3, -0.25) is 29.1 Å². The Morgan fingerprint density at radius 1 is 1.25 bits per heavy atom. The van der Waals surface area contributed by atoms with Gasteiger partial charge in [-0.2, -0.15) is 0 Å². The van der Waals surface area contributed by atoms with Gasteiger partial charge in [0.1, 0.15) is 12.3 Å². The second kappa shape index (κ2) is 7.17. The first kappa shape index (κ1) is 19.1. The molecule has 3 aromatic rings. The Morgan fingerprint density at radius 2 is 1.96 bits per heavy atom. The summed E-state index contributed by atoms with van der Waals surface area (Å²) in [4.78, 5) is 40.9. The fraction of sp³-hybridized carbons (Fsp3) is 0.250. The highest BCUT2D eigenvalue weighted by atomic mass is 16.8. The number of benzene rings is 1. The van der Waals surface area contributed by atoms with Gasteiger partial charge in [0.2, 0.25) is 5.91 Å². The van der Waals surface area contributed by atoms with Gasteiger partial charge in [0.15, 0.2) is 11.2 Å². The summed E-state index contributed by atoms with van der Waals surface area (Å²) in [5.41, 5.74) is -0.440. The maximum absolute atomic E-state index is 12.5. The van der Waals surface area contributed by atoms with Crippen LogP contribution in [0.2, 0.25) is 0 Å². The SMILES string of the molecule is COc1cc(N(O)O)ccc1NC(=O)Cn1cnc2c1c(=O)n(C)c(=O)n2C. The minimum atomic E-state index is -0.559. The van der Waals surface area contributed by atoms with E-state index in [1.807, 2.05) is 0 Å². The summed E-state index contributed by atoms with van der Waals surface area (Å²) < 4.78 is 8.64. The molecule has 0 saturated heterocycles. The van der Waals surface area contributed by atoms with E-state index in [0.717, 1.165) is 4.57 Å². The number of amides is 1. The Labute approximate surface area is 157 Å². The number of hydrogen-bond acceptors (Lipinski definition) is 8. The van der Waals surface area contributed by atoms with Crippen molar-refractivity contribution in [2.75, 3.05) is 17.7 Å². The summed E-state index contributed by atoms with van der Waals surface area (Å²) in [7, 11) is 4.19. The lowest BCUT2D eigenvalue weighted by Crippen LogP contribution is -2.37. The zero-order valence-electron chi connectivity index (χ0n) is 15.3. The van der Waals surface area contributed by atoms with Crippen molar-refractivity contribution in [2.45, 2.75) is 6.54 Å². The number of ether oxygens (including phenoxy) is 1. The molecule has 2 aromatic heterocycles. The Balaban J connectivity index is 1.91. The Kier molecular flexibility index (Phi) is 4.90. The molecule has 1 amide bonds. The lowest BCUT2D eigenvalue weighted by atomic mass is 10.2. The van der Waals surface area contributed by atoms with Crippen LogP contribution in [0, 0.1) is 0 Å². The van der Waals surface area contributed by atoms with Crippen molar-refractivity contribution in [3.63, 3.8) is 0 Å². The molecule has 0 aliphatic heterocycles. The smallest absolute Gasteiger partial charge is 0.332 e. The number of hydrogen-bond donors (Lipinski definition) is 3. The highest BCUT2D eigenvalue weighted by molar-refractivity contribution is 5.93. The minimum absolute atomic E-state index is 0.0415. The molecule has 3 rings (SSSR count). The number of carbonyl (C=O) groups is 1. The second-order valence-corrected chi connectivity index (χ2v) is 5.97. The molecule has 0 spiro atoms. The van der Waals surface area contributed by atoms with Crippen LogP contribution in [-0.2, 0) is 25.4 Å². The van der Waals surface area contributed by atoms with Crippen molar-refractivity contribution < 1.29 is 19.9 Å². The summed E-state index contributed by atoms with van der Waals surface area (Å²) in [6.07, 6.45) is 1.31. The highest BCUT2D eigenvalue weighted by Gasteiger charge is 2.17. The number of nitrogens with zero attached hydrogens (tertiary/aromatic N) is 5. The van der Waals surface area contributed by atoms with Crippen molar-refractivity contribution in [3.05, 3.63) is 45.4 Å². The van der Waals surface area contributed by atoms with Gasteiger partial charge in [-0.15, -0.1) is 5.23 Å². The predicted octanol–water partition coefficient (Wildman–Crippen LogP) is -0.334. The van der Waals surface area contributed by atoms with Crippen molar-refractivity contribution in [2.24, 2.45) is 14.1 Å². The Morgan fingerprint density at radius 3 is 2.61 bits per heavy atom. The molecule has 0 saturated carbocycles. The van der Waals surface area contributed by atoms with Crippen LogP contribution < -0.4 is 26.5 Å². The van der Waals surface area contributed by atoms with Crippen LogP contribution >= 0.6 is 0 Å². The molecule has 0 aliphatic carbocycles. The van der Waals surface area contributed by atoms with Crippen LogP contribution in [-0.4, -0.2) is 42.1 Å². The molecule has 12 heteroatoms.